The number of amides is 2. The minimum Gasteiger partial charge on any atom is -0.376 e. The number of carbonyl (C=O) groups is 2. The van der Waals surface area contributed by atoms with E-state index in [1.165, 1.54) is 23.8 Å². The molecule has 176 valence electrons. The Balaban J connectivity index is 1.25. The number of rotatable bonds is 9. The number of nitrogens with one attached hydrogen (secondary N) is 1. The van der Waals surface area contributed by atoms with Gasteiger partial charge in [0.2, 0.25) is 5.91 Å². The molecule has 0 unspecified atom stereocenters. The Bertz CT molecular complexity index is 1260. The van der Waals surface area contributed by atoms with Gasteiger partial charge in [0.15, 0.2) is 5.13 Å². The van der Waals surface area contributed by atoms with Gasteiger partial charge in [0.05, 0.1) is 25.0 Å². The van der Waals surface area contributed by atoms with E-state index in [1.54, 1.807) is 17.3 Å². The molecule has 5 rings (SSSR count). The molecule has 0 radical (unpaired) electrons. The van der Waals surface area contributed by atoms with Gasteiger partial charge < -0.3 is 19.0 Å². The summed E-state index contributed by atoms with van der Waals surface area (Å²) in [5.74, 6) is -0.313. The van der Waals surface area contributed by atoms with Crippen LogP contribution in [-0.2, 0) is 22.5 Å². The van der Waals surface area contributed by atoms with E-state index in [0.29, 0.717) is 36.1 Å². The molecule has 1 aliphatic heterocycles. The van der Waals surface area contributed by atoms with E-state index in [-0.39, 0.29) is 24.3 Å². The van der Waals surface area contributed by atoms with Crippen LogP contribution in [0.3, 0.4) is 0 Å². The maximum atomic E-state index is 13.1. The number of imidazole rings is 1. The Morgan fingerprint density at radius 3 is 3.00 bits per heavy atom. The summed E-state index contributed by atoms with van der Waals surface area (Å²) in [7, 11) is 0. The van der Waals surface area contributed by atoms with Crippen molar-refractivity contribution in [2.75, 3.05) is 18.1 Å². The fraction of sp³-hybridized carbons (Fsp3) is 0.348. The minimum absolute atomic E-state index is 0.0294. The molecule has 0 aromatic carbocycles. The lowest BCUT2D eigenvalue weighted by atomic mass is 10.2. The fourth-order valence-electron chi connectivity index (χ4n) is 3.84. The maximum Gasteiger partial charge on any atom is 0.263 e. The molecule has 11 heteroatoms. The Morgan fingerprint density at radius 2 is 2.18 bits per heavy atom. The van der Waals surface area contributed by atoms with Crippen LogP contribution in [0, 0.1) is 0 Å². The first-order valence-corrected chi connectivity index (χ1v) is 11.9. The second-order valence-corrected chi connectivity index (χ2v) is 9.10. The van der Waals surface area contributed by atoms with Gasteiger partial charge in [-0.1, -0.05) is 16.5 Å². The number of anilines is 1. The molecule has 1 atom stereocenters. The molecular formula is C23H24N6O4S. The number of nitrogens with zero attached hydrogens (tertiary/aromatic N) is 5. The zero-order valence-electron chi connectivity index (χ0n) is 18.4. The zero-order valence-corrected chi connectivity index (χ0v) is 19.2. The van der Waals surface area contributed by atoms with Gasteiger partial charge in [0.25, 0.3) is 5.91 Å². The third kappa shape index (κ3) is 5.15. The van der Waals surface area contributed by atoms with Crippen molar-refractivity contribution in [3.63, 3.8) is 0 Å². The van der Waals surface area contributed by atoms with Crippen LogP contribution in [-0.4, -0.2) is 50.6 Å². The van der Waals surface area contributed by atoms with Gasteiger partial charge in [-0.3, -0.25) is 14.5 Å². The summed E-state index contributed by atoms with van der Waals surface area (Å²) >= 11 is 1.20. The van der Waals surface area contributed by atoms with E-state index in [9.17, 15) is 9.59 Å². The van der Waals surface area contributed by atoms with Crippen molar-refractivity contribution >= 4 is 33.9 Å². The number of hydrogen-bond acceptors (Lipinski definition) is 8. The number of thiazole rings is 1. The number of ether oxygens (including phenoxy) is 1. The molecule has 0 aliphatic carbocycles. The maximum absolute atomic E-state index is 13.1. The Kier molecular flexibility index (Phi) is 6.63. The van der Waals surface area contributed by atoms with Gasteiger partial charge >= 0.3 is 0 Å². The standard InChI is InChI=1S/C23H24N6O4S/c30-21(4-3-17-12-27-33-15-17)29(14-18-2-1-9-32-18)23-26-13-19(34-23)22(31)25-11-16-5-7-28-8-6-24-20(28)10-16/h5-8,10,12-13,15,18H,1-4,9,11,14H2,(H,25,31)/t18-/m1/s1. The van der Waals surface area contributed by atoms with Crippen LogP contribution in [0.5, 0.6) is 0 Å². The highest BCUT2D eigenvalue weighted by Gasteiger charge is 2.26. The van der Waals surface area contributed by atoms with Crippen molar-refractivity contribution in [2.24, 2.45) is 0 Å². The van der Waals surface area contributed by atoms with E-state index in [0.717, 1.165) is 29.6 Å². The number of carbonyl (C=O) groups excluding carboxylic acids is 2. The van der Waals surface area contributed by atoms with Gasteiger partial charge in [-0.25, -0.2) is 9.97 Å². The van der Waals surface area contributed by atoms with E-state index < -0.39 is 0 Å². The number of hydrogen-bond donors (Lipinski definition) is 1. The van der Waals surface area contributed by atoms with Gasteiger partial charge in [0.1, 0.15) is 16.8 Å². The first kappa shape index (κ1) is 22.2. The van der Waals surface area contributed by atoms with Crippen LogP contribution in [0.15, 0.2) is 53.9 Å². The SMILES string of the molecule is O=C(NCc1ccn2ccnc2c1)c1cnc(N(C[C@H]2CCCO2)C(=O)CCc2cnoc2)s1. The molecule has 2 amide bonds. The van der Waals surface area contributed by atoms with Gasteiger partial charge in [-0.2, -0.15) is 0 Å². The predicted molar refractivity (Wildman–Crippen MR) is 125 cm³/mol. The van der Waals surface area contributed by atoms with Crippen molar-refractivity contribution in [3.05, 3.63) is 65.4 Å². The van der Waals surface area contributed by atoms with E-state index in [1.807, 2.05) is 28.9 Å². The smallest absolute Gasteiger partial charge is 0.263 e. The third-order valence-electron chi connectivity index (χ3n) is 5.69. The molecule has 5 heterocycles. The van der Waals surface area contributed by atoms with E-state index in [4.69, 9.17) is 9.26 Å². The van der Waals surface area contributed by atoms with Crippen molar-refractivity contribution in [1.29, 1.82) is 0 Å². The van der Waals surface area contributed by atoms with Gasteiger partial charge in [-0.15, -0.1) is 0 Å². The van der Waals surface area contributed by atoms with Crippen LogP contribution in [0.25, 0.3) is 5.65 Å². The molecule has 34 heavy (non-hydrogen) atoms. The van der Waals surface area contributed by atoms with Crippen molar-refractivity contribution in [1.82, 2.24) is 24.8 Å². The number of pyridine rings is 1. The normalized spacial score (nSPS) is 15.6. The van der Waals surface area contributed by atoms with Crippen LogP contribution in [0.2, 0.25) is 0 Å². The summed E-state index contributed by atoms with van der Waals surface area (Å²) in [6, 6.07) is 3.86. The van der Waals surface area contributed by atoms with Crippen LogP contribution in [0.1, 0.15) is 40.1 Å². The van der Waals surface area contributed by atoms with Crippen LogP contribution < -0.4 is 10.2 Å². The quantitative estimate of drug-likeness (QED) is 0.392. The molecule has 1 aliphatic rings. The summed E-state index contributed by atoms with van der Waals surface area (Å²) in [5, 5.41) is 7.10. The molecule has 10 nitrogen and oxygen atoms in total. The van der Waals surface area contributed by atoms with Gasteiger partial charge in [0, 0.05) is 43.7 Å². The molecule has 4 aromatic heterocycles. The van der Waals surface area contributed by atoms with Crippen molar-refractivity contribution in [2.45, 2.75) is 38.3 Å². The lowest BCUT2D eigenvalue weighted by molar-refractivity contribution is -0.119. The van der Waals surface area contributed by atoms with E-state index >= 15 is 0 Å². The average Bonchev–Trinajstić information content (AvgIpc) is 3.66. The molecule has 1 N–H and O–H groups in total. The number of fused-ring (bicyclic) bond motifs is 1. The first-order chi connectivity index (χ1) is 16.7. The summed E-state index contributed by atoms with van der Waals surface area (Å²) in [4.78, 5) is 36.6. The summed E-state index contributed by atoms with van der Waals surface area (Å²) in [6.45, 7) is 1.48. The highest BCUT2D eigenvalue weighted by Crippen LogP contribution is 2.26. The largest absolute Gasteiger partial charge is 0.376 e. The Labute approximate surface area is 199 Å². The number of aromatic nitrogens is 4. The topological polar surface area (TPSA) is 115 Å². The second-order valence-electron chi connectivity index (χ2n) is 8.09. The summed E-state index contributed by atoms with van der Waals surface area (Å²) in [5.41, 5.74) is 2.63. The molecule has 0 saturated carbocycles. The molecule has 0 bridgehead atoms. The summed E-state index contributed by atoms with van der Waals surface area (Å²) in [6.07, 6.45) is 12.8. The van der Waals surface area contributed by atoms with E-state index in [2.05, 4.69) is 20.4 Å². The second kappa shape index (κ2) is 10.1. The first-order valence-electron chi connectivity index (χ1n) is 11.1. The molecule has 1 fully saturated rings. The molecule has 1 saturated heterocycles. The highest BCUT2D eigenvalue weighted by molar-refractivity contribution is 7.17. The highest BCUT2D eigenvalue weighted by atomic mass is 32.1. The van der Waals surface area contributed by atoms with Crippen molar-refractivity contribution in [3.8, 4) is 0 Å². The molecule has 0 spiro atoms. The lowest BCUT2D eigenvalue weighted by Crippen LogP contribution is -2.37. The molecular weight excluding hydrogens is 456 g/mol. The van der Waals surface area contributed by atoms with Gasteiger partial charge in [-0.05, 0) is 37.0 Å². The zero-order chi connectivity index (χ0) is 23.3. The lowest BCUT2D eigenvalue weighted by Gasteiger charge is -2.23. The molecule has 4 aromatic rings. The Morgan fingerprint density at radius 1 is 1.24 bits per heavy atom. The number of aryl methyl sites for hydroxylation is 1. The average molecular weight is 481 g/mol. The Hall–Kier alpha value is -3.57. The predicted octanol–water partition coefficient (Wildman–Crippen LogP) is 2.85. The monoisotopic (exact) mass is 480 g/mol. The van der Waals surface area contributed by atoms with Crippen molar-refractivity contribution < 1.29 is 18.8 Å². The van der Waals surface area contributed by atoms with Crippen LogP contribution in [0.4, 0.5) is 5.13 Å². The third-order valence-corrected chi connectivity index (χ3v) is 6.70. The van der Waals surface area contributed by atoms with Crippen LogP contribution >= 0.6 is 11.3 Å². The minimum atomic E-state index is -0.235. The fourth-order valence-corrected chi connectivity index (χ4v) is 4.70. The summed E-state index contributed by atoms with van der Waals surface area (Å²) < 4.78 is 12.5.